The standard InChI is InChI=1S/C14H10FN3OS/c1-8-7-20-13(17-8)6-18-12(5-16)11-4-9(15)2-3-10(11)14(18)19/h2-4,7,12H,6H2,1H3. The molecule has 0 fully saturated rings. The summed E-state index contributed by atoms with van der Waals surface area (Å²) < 4.78 is 13.3. The Balaban J connectivity index is 1.97. The van der Waals surface area contributed by atoms with Gasteiger partial charge in [-0.2, -0.15) is 5.26 Å². The Morgan fingerprint density at radius 2 is 2.35 bits per heavy atom. The van der Waals surface area contributed by atoms with Crippen molar-refractivity contribution in [1.29, 1.82) is 5.26 Å². The molecule has 0 saturated heterocycles. The Morgan fingerprint density at radius 3 is 3.00 bits per heavy atom. The molecule has 3 rings (SSSR count). The van der Waals surface area contributed by atoms with E-state index in [9.17, 15) is 14.4 Å². The summed E-state index contributed by atoms with van der Waals surface area (Å²) in [6.45, 7) is 2.14. The number of aryl methyl sites for hydroxylation is 1. The number of nitriles is 1. The molecule has 20 heavy (non-hydrogen) atoms. The number of halogens is 1. The van der Waals surface area contributed by atoms with Gasteiger partial charge in [0.25, 0.3) is 5.91 Å². The molecule has 0 saturated carbocycles. The molecule has 0 aliphatic carbocycles. The highest BCUT2D eigenvalue weighted by atomic mass is 32.1. The number of amides is 1. The molecule has 100 valence electrons. The van der Waals surface area contributed by atoms with E-state index in [2.05, 4.69) is 11.1 Å². The maximum atomic E-state index is 13.3. The minimum Gasteiger partial charge on any atom is -0.312 e. The number of hydrogen-bond donors (Lipinski definition) is 0. The number of rotatable bonds is 2. The van der Waals surface area contributed by atoms with Crippen LogP contribution in [-0.2, 0) is 6.54 Å². The third-order valence-corrected chi connectivity index (χ3v) is 4.16. The first-order valence-corrected chi connectivity index (χ1v) is 6.89. The fourth-order valence-electron chi connectivity index (χ4n) is 2.32. The van der Waals surface area contributed by atoms with E-state index in [0.717, 1.165) is 10.7 Å². The van der Waals surface area contributed by atoms with Crippen LogP contribution in [0.2, 0.25) is 0 Å². The van der Waals surface area contributed by atoms with Crippen LogP contribution in [0, 0.1) is 24.1 Å². The Labute approximate surface area is 119 Å². The average Bonchev–Trinajstić information content (AvgIpc) is 2.93. The van der Waals surface area contributed by atoms with Gasteiger partial charge in [-0.25, -0.2) is 9.37 Å². The van der Waals surface area contributed by atoms with Crippen LogP contribution in [0.5, 0.6) is 0 Å². The number of thiazole rings is 1. The maximum Gasteiger partial charge on any atom is 0.255 e. The van der Waals surface area contributed by atoms with Crippen LogP contribution >= 0.6 is 11.3 Å². The van der Waals surface area contributed by atoms with Crippen LogP contribution in [0.4, 0.5) is 4.39 Å². The number of carbonyl (C=O) groups is 1. The summed E-state index contributed by atoms with van der Waals surface area (Å²) in [5.41, 5.74) is 1.71. The first-order chi connectivity index (χ1) is 9.60. The Kier molecular flexibility index (Phi) is 2.99. The van der Waals surface area contributed by atoms with Crippen molar-refractivity contribution in [2.45, 2.75) is 19.5 Å². The van der Waals surface area contributed by atoms with Gasteiger partial charge in [-0.1, -0.05) is 0 Å². The van der Waals surface area contributed by atoms with Crippen LogP contribution in [0.15, 0.2) is 23.6 Å². The van der Waals surface area contributed by atoms with E-state index in [1.807, 2.05) is 12.3 Å². The number of fused-ring (bicyclic) bond motifs is 1. The first kappa shape index (κ1) is 12.8. The molecule has 1 aliphatic rings. The van der Waals surface area contributed by atoms with E-state index in [0.29, 0.717) is 11.1 Å². The lowest BCUT2D eigenvalue weighted by molar-refractivity contribution is 0.0744. The molecule has 4 nitrogen and oxygen atoms in total. The van der Waals surface area contributed by atoms with Crippen molar-refractivity contribution in [2.24, 2.45) is 0 Å². The summed E-state index contributed by atoms with van der Waals surface area (Å²) in [5.74, 6) is -0.692. The van der Waals surface area contributed by atoms with Gasteiger partial charge in [0.1, 0.15) is 16.9 Å². The Morgan fingerprint density at radius 1 is 1.55 bits per heavy atom. The quantitative estimate of drug-likeness (QED) is 0.853. The molecule has 6 heteroatoms. The van der Waals surface area contributed by atoms with Gasteiger partial charge in [0, 0.05) is 22.2 Å². The minimum absolute atomic E-state index is 0.251. The van der Waals surface area contributed by atoms with Crippen LogP contribution in [0.25, 0.3) is 0 Å². The molecule has 0 N–H and O–H groups in total. The Bertz CT molecular complexity index is 734. The molecule has 1 aromatic carbocycles. The van der Waals surface area contributed by atoms with Gasteiger partial charge in [0.15, 0.2) is 0 Å². The second-order valence-electron chi connectivity index (χ2n) is 4.58. The SMILES string of the molecule is Cc1csc(CN2C(=O)c3ccc(F)cc3C2C#N)n1. The third kappa shape index (κ3) is 1.96. The van der Waals surface area contributed by atoms with Crippen molar-refractivity contribution in [3.05, 3.63) is 51.2 Å². The molecule has 1 unspecified atom stereocenters. The van der Waals surface area contributed by atoms with Crippen molar-refractivity contribution in [3.8, 4) is 6.07 Å². The number of aromatic nitrogens is 1. The largest absolute Gasteiger partial charge is 0.312 e. The van der Waals surface area contributed by atoms with Gasteiger partial charge in [0.05, 0.1) is 12.6 Å². The second-order valence-corrected chi connectivity index (χ2v) is 5.52. The molecule has 0 bridgehead atoms. The minimum atomic E-state index is -0.752. The Hall–Kier alpha value is -2.26. The van der Waals surface area contributed by atoms with Crippen molar-refractivity contribution >= 4 is 17.2 Å². The zero-order valence-electron chi connectivity index (χ0n) is 10.6. The smallest absolute Gasteiger partial charge is 0.255 e. The number of benzene rings is 1. The van der Waals surface area contributed by atoms with Gasteiger partial charge in [-0.3, -0.25) is 4.79 Å². The van der Waals surface area contributed by atoms with E-state index in [-0.39, 0.29) is 12.5 Å². The van der Waals surface area contributed by atoms with Crippen LogP contribution in [0.1, 0.15) is 32.7 Å². The lowest BCUT2D eigenvalue weighted by Gasteiger charge is -2.18. The molecule has 1 aromatic heterocycles. The molecule has 2 heterocycles. The molecule has 2 aromatic rings. The maximum absolute atomic E-state index is 13.3. The normalized spacial score (nSPS) is 17.1. The van der Waals surface area contributed by atoms with Crippen LogP contribution in [-0.4, -0.2) is 15.8 Å². The highest BCUT2D eigenvalue weighted by Gasteiger charge is 2.37. The summed E-state index contributed by atoms with van der Waals surface area (Å²) in [5, 5.41) is 12.0. The number of nitrogens with zero attached hydrogens (tertiary/aromatic N) is 3. The molecule has 0 spiro atoms. The molecule has 1 atom stereocenters. The molecule has 1 amide bonds. The lowest BCUT2D eigenvalue weighted by atomic mass is 10.1. The highest BCUT2D eigenvalue weighted by molar-refractivity contribution is 7.09. The third-order valence-electron chi connectivity index (χ3n) is 3.21. The van der Waals surface area contributed by atoms with Crippen molar-refractivity contribution < 1.29 is 9.18 Å². The average molecular weight is 287 g/mol. The molecule has 0 radical (unpaired) electrons. The zero-order chi connectivity index (χ0) is 14.3. The van der Waals surface area contributed by atoms with E-state index >= 15 is 0 Å². The van der Waals surface area contributed by atoms with Gasteiger partial charge in [-0.05, 0) is 25.1 Å². The fourth-order valence-corrected chi connectivity index (χ4v) is 3.09. The predicted octanol–water partition coefficient (Wildman–Crippen LogP) is 2.81. The second kappa shape index (κ2) is 4.69. The van der Waals surface area contributed by atoms with Crippen molar-refractivity contribution in [2.75, 3.05) is 0 Å². The summed E-state index contributed by atoms with van der Waals surface area (Å²) >= 11 is 1.44. The van der Waals surface area contributed by atoms with Gasteiger partial charge < -0.3 is 4.90 Å². The van der Waals surface area contributed by atoms with E-state index < -0.39 is 11.9 Å². The lowest BCUT2D eigenvalue weighted by Crippen LogP contribution is -2.26. The van der Waals surface area contributed by atoms with Crippen molar-refractivity contribution in [1.82, 2.24) is 9.88 Å². The van der Waals surface area contributed by atoms with Crippen LogP contribution < -0.4 is 0 Å². The topological polar surface area (TPSA) is 57.0 Å². The summed E-state index contributed by atoms with van der Waals surface area (Å²) in [6, 6.07) is 5.25. The van der Waals surface area contributed by atoms with Gasteiger partial charge in [-0.15, -0.1) is 11.3 Å². The number of hydrogen-bond acceptors (Lipinski definition) is 4. The van der Waals surface area contributed by atoms with Crippen LogP contribution in [0.3, 0.4) is 0 Å². The van der Waals surface area contributed by atoms with E-state index in [1.165, 1.54) is 34.4 Å². The fraction of sp³-hybridized carbons (Fsp3) is 0.214. The highest BCUT2D eigenvalue weighted by Crippen LogP contribution is 2.35. The zero-order valence-corrected chi connectivity index (χ0v) is 11.4. The molecule has 1 aliphatic heterocycles. The summed E-state index contributed by atoms with van der Waals surface area (Å²) in [4.78, 5) is 18.0. The van der Waals surface area contributed by atoms with Gasteiger partial charge >= 0.3 is 0 Å². The molecular weight excluding hydrogens is 277 g/mol. The molecular formula is C14H10FN3OS. The monoisotopic (exact) mass is 287 g/mol. The summed E-state index contributed by atoms with van der Waals surface area (Å²) in [6.07, 6.45) is 0. The number of carbonyl (C=O) groups excluding carboxylic acids is 1. The van der Waals surface area contributed by atoms with E-state index in [4.69, 9.17) is 0 Å². The predicted molar refractivity (Wildman–Crippen MR) is 71.5 cm³/mol. The van der Waals surface area contributed by atoms with Crippen molar-refractivity contribution in [3.63, 3.8) is 0 Å². The first-order valence-electron chi connectivity index (χ1n) is 6.01. The van der Waals surface area contributed by atoms with Gasteiger partial charge in [0.2, 0.25) is 0 Å². The summed E-state index contributed by atoms with van der Waals surface area (Å²) in [7, 11) is 0. The van der Waals surface area contributed by atoms with E-state index in [1.54, 1.807) is 0 Å².